The van der Waals surface area contributed by atoms with Crippen LogP contribution in [0.25, 0.3) is 0 Å². The summed E-state index contributed by atoms with van der Waals surface area (Å²) in [5, 5.41) is 0. The van der Waals surface area contributed by atoms with Crippen LogP contribution in [0.4, 0.5) is 0 Å². The van der Waals surface area contributed by atoms with Gasteiger partial charge in [-0.2, -0.15) is 0 Å². The fraction of sp³-hybridized carbons (Fsp3) is 0.833. The first-order valence-electron chi connectivity index (χ1n) is 4.11. The van der Waals surface area contributed by atoms with E-state index in [-0.39, 0.29) is 37.7 Å². The zero-order chi connectivity index (χ0) is 11.2. The van der Waals surface area contributed by atoms with Gasteiger partial charge in [0, 0.05) is 0 Å². The van der Waals surface area contributed by atoms with Gasteiger partial charge >= 0.3 is 51.5 Å². The molecule has 15 heavy (non-hydrogen) atoms. The average molecular weight is 268 g/mol. The Hall–Kier alpha value is 0.800. The van der Waals surface area contributed by atoms with Gasteiger partial charge < -0.3 is 16.0 Å². The molecular weight excluding hydrogens is 251 g/mol. The second-order valence-electron chi connectivity index (χ2n) is 2.79. The molecule has 0 amide bonds. The van der Waals surface area contributed by atoms with Gasteiger partial charge in [-0.1, -0.05) is 6.42 Å². The summed E-state index contributed by atoms with van der Waals surface area (Å²) in [7, 11) is -4.77. The van der Waals surface area contributed by atoms with Crippen molar-refractivity contribution >= 4 is 51.5 Å². The van der Waals surface area contributed by atoms with Crippen molar-refractivity contribution in [2.45, 2.75) is 25.3 Å². The van der Waals surface area contributed by atoms with Gasteiger partial charge in [-0.3, -0.25) is 9.79 Å². The van der Waals surface area contributed by atoms with E-state index < -0.39 is 19.8 Å². The van der Waals surface area contributed by atoms with Crippen LogP contribution in [0.15, 0.2) is 0 Å². The van der Waals surface area contributed by atoms with Crippen LogP contribution >= 0.6 is 7.82 Å². The minimum absolute atomic E-state index is 0. The van der Waals surface area contributed by atoms with Crippen molar-refractivity contribution in [3.05, 3.63) is 0 Å². The quantitative estimate of drug-likeness (QED) is 0.252. The number of unbranched alkanes of at least 4 members (excludes halogenated alkanes) is 1. The van der Waals surface area contributed by atoms with E-state index in [2.05, 4.69) is 4.52 Å². The zero-order valence-electron chi connectivity index (χ0n) is 7.63. The molecule has 0 aromatic heterocycles. The third-order valence-electron chi connectivity index (χ3n) is 1.48. The molecule has 1 atom stereocenters. The van der Waals surface area contributed by atoms with Crippen LogP contribution in [0.3, 0.4) is 0 Å². The Morgan fingerprint density at radius 3 is 2.33 bits per heavy atom. The number of phosphoric acid groups is 1. The fourth-order valence-electron chi connectivity index (χ4n) is 0.811. The summed E-state index contributed by atoms with van der Waals surface area (Å²) in [6, 6.07) is -1.01. The first-order valence-corrected chi connectivity index (χ1v) is 5.64. The Labute approximate surface area is 118 Å². The van der Waals surface area contributed by atoms with Crippen molar-refractivity contribution in [3.63, 3.8) is 0 Å². The molecule has 0 aliphatic heterocycles. The topological polar surface area (TPSA) is 136 Å². The summed E-state index contributed by atoms with van der Waals surface area (Å²) >= 11 is 0. The van der Waals surface area contributed by atoms with Gasteiger partial charge in [-0.15, -0.1) is 0 Å². The Balaban J connectivity index is 0. The molecule has 88 valence electrons. The van der Waals surface area contributed by atoms with Crippen LogP contribution in [0.1, 0.15) is 19.3 Å². The van der Waals surface area contributed by atoms with Gasteiger partial charge in [0.2, 0.25) is 0 Å². The van der Waals surface area contributed by atoms with E-state index in [4.69, 9.17) is 21.3 Å². The third-order valence-corrected chi connectivity index (χ3v) is 1.90. The number of carbonyl (C=O) groups is 1. The third kappa shape index (κ3) is 11.1. The standard InChI is InChI=1S/C6H15N2O5P.Ca.2H/c7-4-2-1-3-5(8)6(9)13-14(10,11)12;;;/h5H,1-4,7-8H2,(H2,10,11,12);;;/t5-;;;/m0.../s1. The zero-order valence-corrected chi connectivity index (χ0v) is 8.52. The predicted octanol–water partition coefficient (Wildman–Crippen LogP) is -1.84. The van der Waals surface area contributed by atoms with Crippen molar-refractivity contribution in [3.8, 4) is 0 Å². The number of carbonyl (C=O) groups excluding carboxylic acids is 1. The second-order valence-corrected chi connectivity index (χ2v) is 3.96. The van der Waals surface area contributed by atoms with Crippen LogP contribution in [0.5, 0.6) is 0 Å². The molecular formula is C6H17CaN2O5P. The molecule has 0 saturated carbocycles. The second kappa shape index (κ2) is 8.90. The van der Waals surface area contributed by atoms with E-state index in [1.807, 2.05) is 0 Å². The molecule has 0 aliphatic rings. The summed E-state index contributed by atoms with van der Waals surface area (Å²) < 4.78 is 14.1. The van der Waals surface area contributed by atoms with Crippen LogP contribution in [-0.2, 0) is 13.9 Å². The first kappa shape index (κ1) is 18.2. The number of hydrogen-bond acceptors (Lipinski definition) is 5. The number of phosphoric ester groups is 1. The van der Waals surface area contributed by atoms with Gasteiger partial charge in [0.05, 0.1) is 0 Å². The molecule has 0 radical (unpaired) electrons. The van der Waals surface area contributed by atoms with E-state index in [1.165, 1.54) is 0 Å². The van der Waals surface area contributed by atoms with Gasteiger partial charge in [-0.25, -0.2) is 9.36 Å². The van der Waals surface area contributed by atoms with E-state index in [1.54, 1.807) is 0 Å². The number of nitrogens with two attached hydrogens (primary N) is 2. The molecule has 0 bridgehead atoms. The van der Waals surface area contributed by atoms with Crippen molar-refractivity contribution in [2.24, 2.45) is 11.5 Å². The maximum absolute atomic E-state index is 10.9. The van der Waals surface area contributed by atoms with E-state index in [9.17, 15) is 9.36 Å². The Morgan fingerprint density at radius 1 is 1.40 bits per heavy atom. The average Bonchev–Trinajstić information content (AvgIpc) is 2.01. The Kier molecular flexibility index (Phi) is 10.8. The summed E-state index contributed by atoms with van der Waals surface area (Å²) in [5.41, 5.74) is 10.5. The van der Waals surface area contributed by atoms with Crippen LogP contribution < -0.4 is 11.5 Å². The summed E-state index contributed by atoms with van der Waals surface area (Å²) in [5.74, 6) is -1.09. The molecule has 0 aromatic rings. The van der Waals surface area contributed by atoms with Gasteiger partial charge in [0.25, 0.3) is 0 Å². The molecule has 0 aliphatic carbocycles. The molecule has 9 heteroatoms. The number of hydrogen-bond donors (Lipinski definition) is 4. The molecule has 0 spiro atoms. The molecule has 0 fully saturated rings. The molecule has 0 rings (SSSR count). The molecule has 7 nitrogen and oxygen atoms in total. The van der Waals surface area contributed by atoms with Crippen molar-refractivity contribution < 1.29 is 23.7 Å². The van der Waals surface area contributed by atoms with Crippen molar-refractivity contribution in [2.75, 3.05) is 6.54 Å². The van der Waals surface area contributed by atoms with E-state index in [0.717, 1.165) is 0 Å². The minimum atomic E-state index is -4.77. The summed E-state index contributed by atoms with van der Waals surface area (Å²) in [6.07, 6.45) is 1.63. The first-order chi connectivity index (χ1) is 6.37. The monoisotopic (exact) mass is 268 g/mol. The SMILES string of the molecule is NCCCC[C@H](N)C(=O)OP(=O)(O)O.[CaH2]. The normalized spacial score (nSPS) is 12.8. The predicted molar refractivity (Wildman–Crippen MR) is 57.6 cm³/mol. The fourth-order valence-corrected chi connectivity index (χ4v) is 1.18. The summed E-state index contributed by atoms with van der Waals surface area (Å²) in [4.78, 5) is 27.5. The maximum atomic E-state index is 10.9. The van der Waals surface area contributed by atoms with Crippen molar-refractivity contribution in [1.29, 1.82) is 0 Å². The van der Waals surface area contributed by atoms with Crippen molar-refractivity contribution in [1.82, 2.24) is 0 Å². The van der Waals surface area contributed by atoms with Gasteiger partial charge in [0.15, 0.2) is 0 Å². The molecule has 0 unspecified atom stereocenters. The molecule has 6 N–H and O–H groups in total. The van der Waals surface area contributed by atoms with Crippen LogP contribution in [0.2, 0.25) is 0 Å². The summed E-state index contributed by atoms with van der Waals surface area (Å²) in [6.45, 7) is 0.486. The van der Waals surface area contributed by atoms with E-state index in [0.29, 0.717) is 25.8 Å². The number of rotatable bonds is 6. The van der Waals surface area contributed by atoms with Crippen LogP contribution in [0, 0.1) is 0 Å². The van der Waals surface area contributed by atoms with Gasteiger partial charge in [0.1, 0.15) is 6.04 Å². The molecule has 0 saturated heterocycles. The Bertz CT molecular complexity index is 234. The van der Waals surface area contributed by atoms with Crippen LogP contribution in [-0.4, -0.2) is 66.1 Å². The molecule has 0 aromatic carbocycles. The van der Waals surface area contributed by atoms with E-state index >= 15 is 0 Å². The van der Waals surface area contributed by atoms with Gasteiger partial charge in [-0.05, 0) is 19.4 Å². The Morgan fingerprint density at radius 2 is 1.93 bits per heavy atom. The molecule has 0 heterocycles.